The second-order valence-electron chi connectivity index (χ2n) is 12.5. The summed E-state index contributed by atoms with van der Waals surface area (Å²) in [5.74, 6) is 0.440. The van der Waals surface area contributed by atoms with Gasteiger partial charge in [0.15, 0.2) is 0 Å². The Hall–Kier alpha value is -1.03. The van der Waals surface area contributed by atoms with Gasteiger partial charge in [-0.1, -0.05) is 20.8 Å². The summed E-state index contributed by atoms with van der Waals surface area (Å²) >= 11 is 0. The lowest BCUT2D eigenvalue weighted by Gasteiger charge is -2.61. The SMILES string of the molecule is C[C@H](CCC(=O)NCCS(=O)(=O)O)[C@H]1CC[C@H]2[C@@H]3C(=O)C[C@@H]4C[C@H](O)CC[C@]4(C)[C@H]3C[C@H](O)[C@]12C. The summed E-state index contributed by atoms with van der Waals surface area (Å²) in [6, 6.07) is 0. The van der Waals surface area contributed by atoms with E-state index in [0.717, 1.165) is 25.7 Å². The second-order valence-corrected chi connectivity index (χ2v) is 14.1. The van der Waals surface area contributed by atoms with E-state index in [9.17, 15) is 28.2 Å². The Morgan fingerprint density at radius 1 is 1.14 bits per heavy atom. The molecule has 0 aromatic carbocycles. The Morgan fingerprint density at radius 2 is 1.86 bits per heavy atom. The van der Waals surface area contributed by atoms with Crippen molar-refractivity contribution in [2.24, 2.45) is 46.3 Å². The van der Waals surface area contributed by atoms with Crippen LogP contribution < -0.4 is 5.32 Å². The topological polar surface area (TPSA) is 141 Å². The van der Waals surface area contributed by atoms with Crippen molar-refractivity contribution in [1.82, 2.24) is 5.32 Å². The molecular formula is C26H43NO7S. The van der Waals surface area contributed by atoms with E-state index in [0.29, 0.717) is 31.5 Å². The molecule has 0 radical (unpaired) electrons. The standard InChI is InChI=1S/C26H43NO7S/c1-15(4-7-23(31)27-10-11-35(32,33)34)18-5-6-19-24-20(14-22(30)26(18,19)3)25(2)9-8-17(28)12-16(25)13-21(24)29/h15-20,22,24,28,30H,4-14H2,1-3H3,(H,27,31)(H,32,33,34)/t15-,16+,17-,18-,19+,20+,22+,24+,25+,26-/m1/s1. The highest BCUT2D eigenvalue weighted by atomic mass is 32.2. The van der Waals surface area contributed by atoms with E-state index in [4.69, 9.17) is 4.55 Å². The van der Waals surface area contributed by atoms with Crippen molar-refractivity contribution in [2.45, 2.75) is 90.8 Å². The Morgan fingerprint density at radius 3 is 2.54 bits per heavy atom. The zero-order chi connectivity index (χ0) is 25.8. The number of rotatable bonds is 7. The van der Waals surface area contributed by atoms with Crippen LogP contribution in [0.25, 0.3) is 0 Å². The van der Waals surface area contributed by atoms with Gasteiger partial charge in [-0.05, 0) is 80.0 Å². The van der Waals surface area contributed by atoms with Crippen LogP contribution >= 0.6 is 0 Å². The molecule has 4 N–H and O–H groups in total. The molecule has 35 heavy (non-hydrogen) atoms. The maximum Gasteiger partial charge on any atom is 0.266 e. The summed E-state index contributed by atoms with van der Waals surface area (Å²) in [5, 5.41) is 24.4. The molecule has 0 saturated heterocycles. The van der Waals surface area contributed by atoms with Crippen molar-refractivity contribution in [1.29, 1.82) is 0 Å². The number of aliphatic hydroxyl groups excluding tert-OH is 2. The first-order chi connectivity index (χ1) is 16.3. The molecule has 0 heterocycles. The van der Waals surface area contributed by atoms with Crippen LogP contribution in [0.5, 0.6) is 0 Å². The molecule has 9 heteroatoms. The molecule has 0 aliphatic heterocycles. The van der Waals surface area contributed by atoms with Gasteiger partial charge < -0.3 is 15.5 Å². The van der Waals surface area contributed by atoms with E-state index < -0.39 is 22.0 Å². The third kappa shape index (κ3) is 4.94. The third-order valence-electron chi connectivity index (χ3n) is 10.8. The average Bonchev–Trinajstić information content (AvgIpc) is 3.12. The Kier molecular flexibility index (Phi) is 7.48. The first kappa shape index (κ1) is 27.0. The summed E-state index contributed by atoms with van der Waals surface area (Å²) in [6.07, 6.45) is 5.45. The lowest BCUT2D eigenvalue weighted by atomic mass is 9.43. The number of ketones is 1. The fourth-order valence-electron chi connectivity index (χ4n) is 8.81. The zero-order valence-corrected chi connectivity index (χ0v) is 22.1. The van der Waals surface area contributed by atoms with Gasteiger partial charge in [0.05, 0.1) is 18.0 Å². The second kappa shape index (κ2) is 9.69. The van der Waals surface area contributed by atoms with Gasteiger partial charge in [0, 0.05) is 30.7 Å². The maximum absolute atomic E-state index is 13.5. The molecular weight excluding hydrogens is 470 g/mol. The molecule has 0 aromatic rings. The number of hydrogen-bond acceptors (Lipinski definition) is 6. The van der Waals surface area contributed by atoms with Gasteiger partial charge in [0.25, 0.3) is 10.1 Å². The van der Waals surface area contributed by atoms with E-state index in [1.54, 1.807) is 0 Å². The molecule has 1 amide bonds. The fraction of sp³-hybridized carbons (Fsp3) is 0.923. The van der Waals surface area contributed by atoms with E-state index in [1.807, 2.05) is 0 Å². The first-order valence-electron chi connectivity index (χ1n) is 13.4. The predicted molar refractivity (Wildman–Crippen MR) is 131 cm³/mol. The number of amides is 1. The normalized spacial score (nSPS) is 44.2. The zero-order valence-electron chi connectivity index (χ0n) is 21.3. The van der Waals surface area contributed by atoms with Crippen LogP contribution in [0.1, 0.15) is 78.6 Å². The van der Waals surface area contributed by atoms with Crippen molar-refractivity contribution in [2.75, 3.05) is 12.3 Å². The van der Waals surface area contributed by atoms with E-state index in [2.05, 4.69) is 26.1 Å². The summed E-state index contributed by atoms with van der Waals surface area (Å²) < 4.78 is 30.5. The molecule has 4 aliphatic carbocycles. The van der Waals surface area contributed by atoms with Crippen molar-refractivity contribution in [3.8, 4) is 0 Å². The van der Waals surface area contributed by atoms with Crippen molar-refractivity contribution in [3.63, 3.8) is 0 Å². The molecule has 0 bridgehead atoms. The van der Waals surface area contributed by atoms with E-state index in [-0.39, 0.29) is 71.3 Å². The molecule has 0 spiro atoms. The summed E-state index contributed by atoms with van der Waals surface area (Å²) in [5.41, 5.74) is -0.376. The van der Waals surface area contributed by atoms with Crippen LogP contribution in [0.3, 0.4) is 0 Å². The highest BCUT2D eigenvalue weighted by Gasteiger charge is 2.65. The van der Waals surface area contributed by atoms with Crippen LogP contribution in [-0.4, -0.2) is 59.4 Å². The predicted octanol–water partition coefficient (Wildman–Crippen LogP) is 2.58. The molecule has 4 fully saturated rings. The Labute approximate surface area is 209 Å². The number of Topliss-reactive ketones (excluding diaryl/α,β-unsaturated/α-hetero) is 1. The molecule has 4 aliphatic rings. The number of nitrogens with one attached hydrogen (secondary N) is 1. The van der Waals surface area contributed by atoms with Crippen LogP contribution in [0.4, 0.5) is 0 Å². The largest absolute Gasteiger partial charge is 0.393 e. The van der Waals surface area contributed by atoms with Gasteiger partial charge in [-0.25, -0.2) is 0 Å². The molecule has 0 aromatic heterocycles. The quantitative estimate of drug-likeness (QED) is 0.383. The number of hydrogen-bond donors (Lipinski definition) is 4. The smallest absolute Gasteiger partial charge is 0.266 e. The fourth-order valence-corrected chi connectivity index (χ4v) is 9.17. The molecule has 0 unspecified atom stereocenters. The Balaban J connectivity index is 1.44. The van der Waals surface area contributed by atoms with Crippen molar-refractivity contribution >= 4 is 21.8 Å². The Bertz CT molecular complexity index is 938. The number of carbonyl (C=O) groups is 2. The van der Waals surface area contributed by atoms with Gasteiger partial charge >= 0.3 is 0 Å². The number of fused-ring (bicyclic) bond motifs is 5. The van der Waals surface area contributed by atoms with Crippen LogP contribution in [-0.2, 0) is 19.7 Å². The average molecular weight is 514 g/mol. The third-order valence-corrected chi connectivity index (χ3v) is 11.5. The summed E-state index contributed by atoms with van der Waals surface area (Å²) in [6.45, 7) is 6.45. The maximum atomic E-state index is 13.5. The number of aliphatic hydroxyl groups is 2. The minimum Gasteiger partial charge on any atom is -0.393 e. The highest BCUT2D eigenvalue weighted by Crippen LogP contribution is 2.67. The monoisotopic (exact) mass is 513 g/mol. The van der Waals surface area contributed by atoms with Crippen LogP contribution in [0, 0.1) is 46.3 Å². The van der Waals surface area contributed by atoms with Gasteiger partial charge in [-0.3, -0.25) is 14.1 Å². The minimum absolute atomic E-state index is 0.00996. The minimum atomic E-state index is -4.10. The van der Waals surface area contributed by atoms with Crippen molar-refractivity contribution in [3.05, 3.63) is 0 Å². The molecule has 4 rings (SSSR count). The highest BCUT2D eigenvalue weighted by molar-refractivity contribution is 7.85. The van der Waals surface area contributed by atoms with Gasteiger partial charge in [-0.15, -0.1) is 0 Å². The van der Waals surface area contributed by atoms with Gasteiger partial charge in [-0.2, -0.15) is 8.42 Å². The first-order valence-corrected chi connectivity index (χ1v) is 15.0. The van der Waals surface area contributed by atoms with Gasteiger partial charge in [0.1, 0.15) is 5.78 Å². The summed E-state index contributed by atoms with van der Waals surface area (Å²) in [7, 11) is -4.10. The molecule has 4 saturated carbocycles. The summed E-state index contributed by atoms with van der Waals surface area (Å²) in [4.78, 5) is 25.7. The van der Waals surface area contributed by atoms with Crippen molar-refractivity contribution < 1.29 is 32.8 Å². The molecule has 8 nitrogen and oxygen atoms in total. The lowest BCUT2D eigenvalue weighted by molar-refractivity contribution is -0.182. The van der Waals surface area contributed by atoms with Gasteiger partial charge in [0.2, 0.25) is 5.91 Å². The number of carbonyl (C=O) groups excluding carboxylic acids is 2. The lowest BCUT2D eigenvalue weighted by Crippen LogP contribution is -2.61. The molecule has 200 valence electrons. The molecule has 10 atom stereocenters. The van der Waals surface area contributed by atoms with Crippen LogP contribution in [0.2, 0.25) is 0 Å². The van der Waals surface area contributed by atoms with E-state index >= 15 is 0 Å². The van der Waals surface area contributed by atoms with Crippen LogP contribution in [0.15, 0.2) is 0 Å². The van der Waals surface area contributed by atoms with E-state index in [1.165, 1.54) is 0 Å².